The number of benzene rings is 3. The Morgan fingerprint density at radius 3 is 2.46 bits per heavy atom. The quantitative estimate of drug-likeness (QED) is 0.209. The Morgan fingerprint density at radius 1 is 1.08 bits per heavy atom. The first-order chi connectivity index (χ1) is 18.9. The summed E-state index contributed by atoms with van der Waals surface area (Å²) in [6.07, 6.45) is 1.18. The lowest BCUT2D eigenvalue weighted by Gasteiger charge is -2.38. The molecule has 5 rings (SSSR count). The lowest BCUT2D eigenvalue weighted by molar-refractivity contribution is -0.118. The molecule has 0 aliphatic carbocycles. The average molecular weight is 561 g/mol. The number of carbonyl (C=O) groups is 1. The molecule has 4 aromatic rings. The van der Waals surface area contributed by atoms with Crippen molar-refractivity contribution in [3.8, 4) is 11.5 Å². The first kappa shape index (κ1) is 27.1. The number of hydrogen-bond acceptors (Lipinski definition) is 5. The largest absolute Gasteiger partial charge is 0.493 e. The maximum atomic E-state index is 13.8. The Hall–Kier alpha value is -3.48. The molecule has 0 bridgehead atoms. The molecule has 7 heteroatoms. The van der Waals surface area contributed by atoms with Gasteiger partial charge in [0.05, 0.1) is 25.7 Å². The minimum absolute atomic E-state index is 0.0273. The number of amides is 1. The molecule has 1 unspecified atom stereocenters. The summed E-state index contributed by atoms with van der Waals surface area (Å²) in [5.41, 5.74) is 6.16. The van der Waals surface area contributed by atoms with Crippen LogP contribution in [0.15, 0.2) is 77.5 Å². The number of halogens is 1. The summed E-state index contributed by atoms with van der Waals surface area (Å²) in [6, 6.07) is 21.8. The highest BCUT2D eigenvalue weighted by Crippen LogP contribution is 2.44. The molecule has 202 valence electrons. The second-order valence-corrected chi connectivity index (χ2v) is 11.2. The van der Waals surface area contributed by atoms with E-state index in [1.807, 2.05) is 60.4 Å². The van der Waals surface area contributed by atoms with Crippen LogP contribution < -0.4 is 19.3 Å². The molecule has 0 fully saturated rings. The van der Waals surface area contributed by atoms with Crippen molar-refractivity contribution in [1.29, 1.82) is 0 Å². The Morgan fingerprint density at radius 2 is 1.82 bits per heavy atom. The number of methoxy groups -OCH3 is 1. The zero-order valence-corrected chi connectivity index (χ0v) is 24.3. The van der Waals surface area contributed by atoms with Gasteiger partial charge in [-0.15, -0.1) is 0 Å². The number of thiophene rings is 1. The number of anilines is 2. The molecule has 0 spiro atoms. The molecule has 0 radical (unpaired) electrons. The van der Waals surface area contributed by atoms with Gasteiger partial charge in [0.2, 0.25) is 5.91 Å². The molecule has 0 N–H and O–H groups in total. The molecule has 1 aromatic heterocycles. The summed E-state index contributed by atoms with van der Waals surface area (Å²) in [5.74, 6) is 1.35. The van der Waals surface area contributed by atoms with Crippen LogP contribution in [0.25, 0.3) is 0 Å². The zero-order chi connectivity index (χ0) is 27.5. The van der Waals surface area contributed by atoms with Crippen LogP contribution in [0.3, 0.4) is 0 Å². The molecule has 0 saturated heterocycles. The van der Waals surface area contributed by atoms with Crippen molar-refractivity contribution in [3.05, 3.63) is 105 Å². The molecule has 1 amide bonds. The lowest BCUT2D eigenvalue weighted by atomic mass is 9.86. The molecule has 0 saturated carbocycles. The molecular weight excluding hydrogens is 528 g/mol. The molecule has 2 atom stereocenters. The predicted octanol–water partition coefficient (Wildman–Crippen LogP) is 7.90. The van der Waals surface area contributed by atoms with Gasteiger partial charge in [0.15, 0.2) is 11.5 Å². The van der Waals surface area contributed by atoms with Gasteiger partial charge in [-0.2, -0.15) is 11.3 Å². The molecule has 3 aromatic carbocycles. The van der Waals surface area contributed by atoms with Crippen LogP contribution in [0.2, 0.25) is 5.02 Å². The maximum absolute atomic E-state index is 13.8. The van der Waals surface area contributed by atoms with Gasteiger partial charge in [-0.1, -0.05) is 30.7 Å². The number of fused-ring (bicyclic) bond motifs is 1. The smallest absolute Gasteiger partial charge is 0.232 e. The van der Waals surface area contributed by atoms with E-state index in [1.165, 1.54) is 5.56 Å². The zero-order valence-electron chi connectivity index (χ0n) is 22.7. The van der Waals surface area contributed by atoms with E-state index in [9.17, 15) is 4.79 Å². The predicted molar refractivity (Wildman–Crippen MR) is 161 cm³/mol. The van der Waals surface area contributed by atoms with Crippen molar-refractivity contribution in [1.82, 2.24) is 0 Å². The fraction of sp³-hybridized carbons (Fsp3) is 0.281. The third kappa shape index (κ3) is 5.77. The van der Waals surface area contributed by atoms with E-state index in [1.54, 1.807) is 18.4 Å². The summed E-state index contributed by atoms with van der Waals surface area (Å²) in [4.78, 5) is 17.9. The van der Waals surface area contributed by atoms with Crippen LogP contribution in [0.4, 0.5) is 11.4 Å². The standard InChI is InChI=1S/C32H33ClN2O3S/c1-5-21(2)38-30-18-28-24(16-29(30)37-4)17-31(36)35(32(28)23-6-8-25(33)9-7-23)27-12-10-26(11-13-27)34(3)19-22-14-15-39-20-22/h6-16,18,20-21,32H,5,17,19H2,1-4H3/t21-,32?/m1/s1. The van der Waals surface area contributed by atoms with Crippen LogP contribution in [0.5, 0.6) is 11.5 Å². The minimum atomic E-state index is -0.335. The Kier molecular flexibility index (Phi) is 8.15. The van der Waals surface area contributed by atoms with Gasteiger partial charge in [0, 0.05) is 30.0 Å². The van der Waals surface area contributed by atoms with Crippen molar-refractivity contribution in [3.63, 3.8) is 0 Å². The normalized spacial score (nSPS) is 15.6. The van der Waals surface area contributed by atoms with E-state index >= 15 is 0 Å². The number of carbonyl (C=O) groups excluding carboxylic acids is 1. The van der Waals surface area contributed by atoms with Gasteiger partial charge < -0.3 is 19.3 Å². The molecule has 2 heterocycles. The first-order valence-corrected chi connectivity index (χ1v) is 14.5. The number of ether oxygens (including phenoxy) is 2. The van der Waals surface area contributed by atoms with E-state index in [2.05, 4.69) is 47.8 Å². The number of hydrogen-bond donors (Lipinski definition) is 0. The molecular formula is C32H33ClN2O3S. The first-order valence-electron chi connectivity index (χ1n) is 13.1. The monoisotopic (exact) mass is 560 g/mol. The highest BCUT2D eigenvalue weighted by molar-refractivity contribution is 7.07. The van der Waals surface area contributed by atoms with Crippen LogP contribution in [0, 0.1) is 0 Å². The fourth-order valence-corrected chi connectivity index (χ4v) is 5.78. The summed E-state index contributed by atoms with van der Waals surface area (Å²) < 4.78 is 11.9. The van der Waals surface area contributed by atoms with E-state index in [0.717, 1.165) is 41.0 Å². The maximum Gasteiger partial charge on any atom is 0.232 e. The molecule has 1 aliphatic heterocycles. The van der Waals surface area contributed by atoms with Crippen molar-refractivity contribution in [2.24, 2.45) is 0 Å². The van der Waals surface area contributed by atoms with Crippen LogP contribution in [0.1, 0.15) is 48.6 Å². The van der Waals surface area contributed by atoms with Gasteiger partial charge >= 0.3 is 0 Å². The summed E-state index contributed by atoms with van der Waals surface area (Å²) in [6.45, 7) is 4.96. The summed E-state index contributed by atoms with van der Waals surface area (Å²) >= 11 is 7.95. The minimum Gasteiger partial charge on any atom is -0.493 e. The van der Waals surface area contributed by atoms with Crippen molar-refractivity contribution >= 4 is 40.2 Å². The Bertz CT molecular complexity index is 1420. The third-order valence-electron chi connectivity index (χ3n) is 7.25. The number of rotatable bonds is 9. The van der Waals surface area contributed by atoms with Gasteiger partial charge in [-0.3, -0.25) is 4.79 Å². The molecule has 39 heavy (non-hydrogen) atoms. The highest BCUT2D eigenvalue weighted by Gasteiger charge is 2.36. The van der Waals surface area contributed by atoms with E-state index in [0.29, 0.717) is 16.5 Å². The molecule has 5 nitrogen and oxygen atoms in total. The van der Waals surface area contributed by atoms with Crippen LogP contribution >= 0.6 is 22.9 Å². The summed E-state index contributed by atoms with van der Waals surface area (Å²) in [5, 5.41) is 4.92. The van der Waals surface area contributed by atoms with E-state index < -0.39 is 0 Å². The Balaban J connectivity index is 1.56. The average Bonchev–Trinajstić information content (AvgIpc) is 3.46. The molecule has 1 aliphatic rings. The highest BCUT2D eigenvalue weighted by atomic mass is 35.5. The van der Waals surface area contributed by atoms with Gasteiger partial charge in [-0.25, -0.2) is 0 Å². The number of nitrogens with zero attached hydrogens (tertiary/aromatic N) is 2. The van der Waals surface area contributed by atoms with E-state index in [-0.39, 0.29) is 24.5 Å². The SMILES string of the molecule is CC[C@@H](C)Oc1cc2c(cc1OC)CC(=O)N(c1ccc(N(C)Cc3ccsc3)cc1)C2c1ccc(Cl)cc1. The van der Waals surface area contributed by atoms with Gasteiger partial charge in [0.25, 0.3) is 0 Å². The van der Waals surface area contributed by atoms with Crippen molar-refractivity contribution < 1.29 is 14.3 Å². The summed E-state index contributed by atoms with van der Waals surface area (Å²) in [7, 11) is 3.72. The van der Waals surface area contributed by atoms with Crippen molar-refractivity contribution in [2.75, 3.05) is 24.0 Å². The second kappa shape index (κ2) is 11.7. The Labute approximate surface area is 239 Å². The van der Waals surface area contributed by atoms with Gasteiger partial charge in [0.1, 0.15) is 0 Å². The van der Waals surface area contributed by atoms with Crippen LogP contribution in [-0.4, -0.2) is 26.2 Å². The van der Waals surface area contributed by atoms with Crippen LogP contribution in [-0.2, 0) is 17.8 Å². The van der Waals surface area contributed by atoms with E-state index in [4.69, 9.17) is 21.1 Å². The lowest BCUT2D eigenvalue weighted by Crippen LogP contribution is -2.41. The van der Waals surface area contributed by atoms with Crippen molar-refractivity contribution in [2.45, 2.75) is 45.4 Å². The van der Waals surface area contributed by atoms with Gasteiger partial charge in [-0.05, 0) is 101 Å². The third-order valence-corrected chi connectivity index (χ3v) is 8.23. The fourth-order valence-electron chi connectivity index (χ4n) is 4.99. The topological polar surface area (TPSA) is 42.0 Å². The second-order valence-electron chi connectivity index (χ2n) is 9.94.